The number of carbonyl (C=O) groups is 1. The van der Waals surface area contributed by atoms with Crippen LogP contribution < -0.4 is 10.3 Å². The molecule has 0 aliphatic carbocycles. The van der Waals surface area contributed by atoms with E-state index in [0.717, 1.165) is 24.0 Å². The van der Waals surface area contributed by atoms with Crippen molar-refractivity contribution >= 4 is 5.97 Å². The zero-order valence-corrected chi connectivity index (χ0v) is 22.7. The van der Waals surface area contributed by atoms with E-state index in [4.69, 9.17) is 9.47 Å². The van der Waals surface area contributed by atoms with E-state index in [1.807, 2.05) is 93.7 Å². The van der Waals surface area contributed by atoms with E-state index in [0.29, 0.717) is 12.3 Å². The average Bonchev–Trinajstić information content (AvgIpc) is 2.91. The number of aryl methyl sites for hydroxylation is 2. The van der Waals surface area contributed by atoms with Gasteiger partial charge in [0.2, 0.25) is 0 Å². The number of carbonyl (C=O) groups excluding carboxylic acids is 1. The first-order valence-electron chi connectivity index (χ1n) is 13.2. The van der Waals surface area contributed by atoms with Crippen molar-refractivity contribution in [3.63, 3.8) is 0 Å². The molecule has 1 heterocycles. The van der Waals surface area contributed by atoms with Gasteiger partial charge in [-0.3, -0.25) is 4.79 Å². The Hall–Kier alpha value is -4.38. The Morgan fingerprint density at radius 3 is 2.15 bits per heavy atom. The van der Waals surface area contributed by atoms with Crippen LogP contribution in [0.1, 0.15) is 55.4 Å². The molecule has 4 aromatic rings. The first kappa shape index (κ1) is 27.6. The molecule has 0 radical (unpaired) electrons. The van der Waals surface area contributed by atoms with Crippen molar-refractivity contribution in [2.75, 3.05) is 0 Å². The molecular formula is C34H35NO4. The third-order valence-corrected chi connectivity index (χ3v) is 6.18. The summed E-state index contributed by atoms with van der Waals surface area (Å²) in [5.41, 5.74) is 3.99. The van der Waals surface area contributed by atoms with Crippen molar-refractivity contribution in [3.05, 3.63) is 148 Å². The Labute approximate surface area is 230 Å². The van der Waals surface area contributed by atoms with Gasteiger partial charge in [-0.15, -0.1) is 0 Å². The molecule has 39 heavy (non-hydrogen) atoms. The second-order valence-corrected chi connectivity index (χ2v) is 10.5. The predicted octanol–water partition coefficient (Wildman–Crippen LogP) is 6.90. The summed E-state index contributed by atoms with van der Waals surface area (Å²) in [5.74, 6) is 0.231. The van der Waals surface area contributed by atoms with Crippen LogP contribution in [-0.4, -0.2) is 16.1 Å². The molecule has 0 aliphatic heterocycles. The quantitative estimate of drug-likeness (QED) is 0.129. The summed E-state index contributed by atoms with van der Waals surface area (Å²) >= 11 is 0. The van der Waals surface area contributed by atoms with Gasteiger partial charge in [-0.2, -0.15) is 0 Å². The summed E-state index contributed by atoms with van der Waals surface area (Å²) in [6, 6.07) is 32.1. The van der Waals surface area contributed by atoms with Crippen LogP contribution in [0.2, 0.25) is 0 Å². The molecule has 0 unspecified atom stereocenters. The lowest BCUT2D eigenvalue weighted by molar-refractivity contribution is -0.148. The van der Waals surface area contributed by atoms with Gasteiger partial charge in [0.05, 0.1) is 12.3 Å². The number of rotatable bonds is 10. The fraction of sp³-hybridized carbons (Fsp3) is 0.235. The fourth-order valence-corrected chi connectivity index (χ4v) is 4.50. The van der Waals surface area contributed by atoms with Crippen molar-refractivity contribution in [1.29, 1.82) is 0 Å². The van der Waals surface area contributed by atoms with Crippen LogP contribution in [0.3, 0.4) is 0 Å². The average molecular weight is 522 g/mol. The summed E-state index contributed by atoms with van der Waals surface area (Å²) in [7, 11) is 0. The van der Waals surface area contributed by atoms with Gasteiger partial charge in [0.1, 0.15) is 11.4 Å². The number of aromatic nitrogens is 1. The molecule has 0 bridgehead atoms. The van der Waals surface area contributed by atoms with Crippen LogP contribution in [0.25, 0.3) is 0 Å². The van der Waals surface area contributed by atoms with Crippen LogP contribution in [0.4, 0.5) is 0 Å². The first-order chi connectivity index (χ1) is 18.8. The highest BCUT2D eigenvalue weighted by Crippen LogP contribution is 2.31. The number of benzene rings is 3. The third kappa shape index (κ3) is 8.30. The Balaban J connectivity index is 1.42. The molecule has 5 heteroatoms. The number of nitrogens with zero attached hydrogens (tertiary/aromatic N) is 1. The largest absolute Gasteiger partial charge is 0.465 e. The van der Waals surface area contributed by atoms with Gasteiger partial charge in [0.15, 0.2) is 0 Å². The van der Waals surface area contributed by atoms with Crippen molar-refractivity contribution in [1.82, 2.24) is 4.57 Å². The molecule has 4 rings (SSSR count). The lowest BCUT2D eigenvalue weighted by Crippen LogP contribution is -2.22. The molecule has 0 amide bonds. The van der Waals surface area contributed by atoms with Crippen molar-refractivity contribution < 1.29 is 14.3 Å². The second kappa shape index (κ2) is 12.9. The van der Waals surface area contributed by atoms with Gasteiger partial charge in [-0.05, 0) is 68.0 Å². The summed E-state index contributed by atoms with van der Waals surface area (Å²) in [6.45, 7) is 6.06. The van der Waals surface area contributed by atoms with Gasteiger partial charge in [0, 0.05) is 24.7 Å². The molecular weight excluding hydrogens is 486 g/mol. The summed E-state index contributed by atoms with van der Waals surface area (Å²) < 4.78 is 12.7. The maximum absolute atomic E-state index is 12.7. The van der Waals surface area contributed by atoms with E-state index in [1.54, 1.807) is 10.6 Å². The van der Waals surface area contributed by atoms with Crippen LogP contribution in [0.15, 0.2) is 120 Å². The monoisotopic (exact) mass is 521 g/mol. The summed E-state index contributed by atoms with van der Waals surface area (Å²) in [5, 5.41) is 0. The normalized spacial score (nSPS) is 11.6. The van der Waals surface area contributed by atoms with Gasteiger partial charge >= 0.3 is 5.97 Å². The second-order valence-electron chi connectivity index (χ2n) is 10.5. The van der Waals surface area contributed by atoms with E-state index in [-0.39, 0.29) is 11.5 Å². The molecule has 0 spiro atoms. The highest BCUT2D eigenvalue weighted by atomic mass is 16.6. The molecule has 0 atom stereocenters. The number of pyridine rings is 1. The fourth-order valence-electron chi connectivity index (χ4n) is 4.50. The van der Waals surface area contributed by atoms with Crippen LogP contribution in [0, 0.1) is 0 Å². The number of hydrogen-bond acceptors (Lipinski definition) is 4. The Morgan fingerprint density at radius 2 is 1.51 bits per heavy atom. The van der Waals surface area contributed by atoms with Crippen LogP contribution in [-0.2, 0) is 22.5 Å². The van der Waals surface area contributed by atoms with Gasteiger partial charge in [0.25, 0.3) is 5.56 Å². The van der Waals surface area contributed by atoms with E-state index in [1.165, 1.54) is 23.5 Å². The molecule has 0 fully saturated rings. The molecule has 0 aliphatic rings. The Kier molecular flexibility index (Phi) is 9.16. The first-order valence-corrected chi connectivity index (χ1v) is 13.2. The van der Waals surface area contributed by atoms with Crippen molar-refractivity contribution in [2.24, 2.45) is 0 Å². The van der Waals surface area contributed by atoms with E-state index >= 15 is 0 Å². The van der Waals surface area contributed by atoms with Gasteiger partial charge < -0.3 is 14.0 Å². The van der Waals surface area contributed by atoms with E-state index < -0.39 is 11.6 Å². The Morgan fingerprint density at radius 1 is 0.846 bits per heavy atom. The van der Waals surface area contributed by atoms with Crippen LogP contribution in [0.5, 0.6) is 5.75 Å². The van der Waals surface area contributed by atoms with E-state index in [9.17, 15) is 9.59 Å². The summed E-state index contributed by atoms with van der Waals surface area (Å²) in [4.78, 5) is 24.6. The highest BCUT2D eigenvalue weighted by molar-refractivity contribution is 5.82. The smallest absolute Gasteiger partial charge is 0.334 e. The lowest BCUT2D eigenvalue weighted by atomic mass is 9.86. The minimum absolute atomic E-state index is 0.0111. The van der Waals surface area contributed by atoms with Crippen molar-refractivity contribution in [3.8, 4) is 5.75 Å². The topological polar surface area (TPSA) is 57.5 Å². The number of esters is 1. The maximum atomic E-state index is 12.7. The standard InChI is InChI=1S/C34H35NO4/c1-34(2,3)39-32(37)21-23-38-30-18-10-12-26(24-30)13-11-22-35-25-29(19-20-31(35)36)33(27-14-6-4-7-15-27)28-16-8-5-9-17-28/h4-10,12,14-21,23-25,33H,11,13,22H2,1-3H3. The maximum Gasteiger partial charge on any atom is 0.334 e. The molecule has 0 saturated heterocycles. The molecule has 0 N–H and O–H groups in total. The number of ether oxygens (including phenoxy) is 2. The van der Waals surface area contributed by atoms with Crippen molar-refractivity contribution in [2.45, 2.75) is 51.7 Å². The van der Waals surface area contributed by atoms with Crippen LogP contribution >= 0.6 is 0 Å². The van der Waals surface area contributed by atoms with Gasteiger partial charge in [-0.1, -0.05) is 78.9 Å². The lowest BCUT2D eigenvalue weighted by Gasteiger charge is -2.20. The highest BCUT2D eigenvalue weighted by Gasteiger charge is 2.17. The zero-order valence-electron chi connectivity index (χ0n) is 22.7. The number of hydrogen-bond donors (Lipinski definition) is 0. The zero-order chi connectivity index (χ0) is 27.7. The molecule has 5 nitrogen and oxygen atoms in total. The minimum atomic E-state index is -0.549. The summed E-state index contributed by atoms with van der Waals surface area (Å²) in [6.07, 6.45) is 6.18. The Bertz CT molecular complexity index is 1410. The molecule has 1 aromatic heterocycles. The minimum Gasteiger partial charge on any atom is -0.465 e. The SMILES string of the molecule is CC(C)(C)OC(=O)C=COc1cccc(CCCn2cc(C(c3ccccc3)c3ccccc3)ccc2=O)c1. The molecule has 3 aromatic carbocycles. The predicted molar refractivity (Wildman–Crippen MR) is 155 cm³/mol. The van der Waals surface area contributed by atoms with Gasteiger partial charge in [-0.25, -0.2) is 4.79 Å². The molecule has 0 saturated carbocycles. The van der Waals surface area contributed by atoms with E-state index in [2.05, 4.69) is 24.3 Å². The molecule has 200 valence electrons. The third-order valence-electron chi connectivity index (χ3n) is 6.18.